The number of nitrogens with zero attached hydrogens (tertiary/aromatic N) is 2. The van der Waals surface area contributed by atoms with Gasteiger partial charge in [-0.05, 0) is 56.8 Å². The van der Waals surface area contributed by atoms with Crippen molar-refractivity contribution in [1.29, 1.82) is 0 Å². The summed E-state index contributed by atoms with van der Waals surface area (Å²) in [5, 5.41) is 3.63. The molecule has 4 rings (SSSR count). The van der Waals surface area contributed by atoms with Crippen LogP contribution in [0, 0.1) is 30.6 Å². The number of aromatic nitrogens is 2. The van der Waals surface area contributed by atoms with E-state index in [0.29, 0.717) is 18.5 Å². The molecule has 4 unspecified atom stereocenters. The number of hydrogen-bond acceptors (Lipinski definition) is 4. The number of ether oxygens (including phenoxy) is 1. The molecular weight excluding hydrogens is 238 g/mol. The van der Waals surface area contributed by atoms with Crippen molar-refractivity contribution in [3.63, 3.8) is 0 Å². The number of anilines is 1. The van der Waals surface area contributed by atoms with Gasteiger partial charge >= 0.3 is 0 Å². The van der Waals surface area contributed by atoms with Crippen molar-refractivity contribution in [2.45, 2.75) is 39.2 Å². The van der Waals surface area contributed by atoms with E-state index in [1.165, 1.54) is 19.3 Å². The van der Waals surface area contributed by atoms with E-state index in [4.69, 9.17) is 4.74 Å². The van der Waals surface area contributed by atoms with Gasteiger partial charge in [-0.25, -0.2) is 4.98 Å². The monoisotopic (exact) mass is 259 g/mol. The van der Waals surface area contributed by atoms with Crippen LogP contribution in [0.5, 0.6) is 5.88 Å². The first-order valence-corrected chi connectivity index (χ1v) is 7.51. The number of rotatable bonds is 4. The molecule has 0 aliphatic heterocycles. The largest absolute Gasteiger partial charge is 0.478 e. The highest BCUT2D eigenvalue weighted by Gasteiger charge is 2.65. The average molecular weight is 259 g/mol. The molecule has 3 fully saturated rings. The maximum Gasteiger partial charge on any atom is 0.218 e. The molecule has 0 spiro atoms. The van der Waals surface area contributed by atoms with Crippen LogP contribution in [0.25, 0.3) is 0 Å². The molecule has 0 amide bonds. The van der Waals surface area contributed by atoms with Gasteiger partial charge in [-0.2, -0.15) is 4.98 Å². The van der Waals surface area contributed by atoms with Gasteiger partial charge in [0, 0.05) is 12.1 Å². The summed E-state index contributed by atoms with van der Waals surface area (Å²) in [6.45, 7) is 4.55. The molecule has 0 radical (unpaired) electrons. The van der Waals surface area contributed by atoms with Crippen LogP contribution in [0.2, 0.25) is 0 Å². The van der Waals surface area contributed by atoms with Crippen molar-refractivity contribution >= 4 is 5.82 Å². The first-order valence-electron chi connectivity index (χ1n) is 7.51. The second-order valence-electron chi connectivity index (χ2n) is 6.23. The van der Waals surface area contributed by atoms with E-state index in [-0.39, 0.29) is 0 Å². The first kappa shape index (κ1) is 11.5. The van der Waals surface area contributed by atoms with Gasteiger partial charge < -0.3 is 10.1 Å². The normalized spacial score (nSPS) is 38.1. The standard InChI is InChI=1S/C15H21N3O/c1-3-19-12-7-11(16-8(2)17-12)18-15-13-9-4-5-10(6-9)14(13)15/h7,9-10,13-15H,3-6H2,1-2H3,(H,16,17,18). The SMILES string of the molecule is CCOc1cc(NC2C3C4CCC(C4)C23)nc(C)n1. The fourth-order valence-electron chi connectivity index (χ4n) is 4.53. The summed E-state index contributed by atoms with van der Waals surface area (Å²) < 4.78 is 5.49. The van der Waals surface area contributed by atoms with Crippen molar-refractivity contribution in [3.8, 4) is 5.88 Å². The van der Waals surface area contributed by atoms with Crippen LogP contribution in [-0.2, 0) is 0 Å². The van der Waals surface area contributed by atoms with E-state index in [0.717, 1.165) is 35.3 Å². The van der Waals surface area contributed by atoms with Gasteiger partial charge in [0.05, 0.1) is 6.61 Å². The summed E-state index contributed by atoms with van der Waals surface area (Å²) in [4.78, 5) is 8.78. The van der Waals surface area contributed by atoms with E-state index in [1.807, 2.05) is 19.9 Å². The van der Waals surface area contributed by atoms with E-state index < -0.39 is 0 Å². The van der Waals surface area contributed by atoms with Crippen LogP contribution in [-0.4, -0.2) is 22.6 Å². The molecule has 102 valence electrons. The second-order valence-corrected chi connectivity index (χ2v) is 6.23. The van der Waals surface area contributed by atoms with Crippen molar-refractivity contribution in [3.05, 3.63) is 11.9 Å². The third kappa shape index (κ3) is 1.80. The predicted molar refractivity (Wildman–Crippen MR) is 73.2 cm³/mol. The van der Waals surface area contributed by atoms with Crippen LogP contribution >= 0.6 is 0 Å². The highest BCUT2D eigenvalue weighted by molar-refractivity contribution is 5.43. The summed E-state index contributed by atoms with van der Waals surface area (Å²) in [7, 11) is 0. The summed E-state index contributed by atoms with van der Waals surface area (Å²) >= 11 is 0. The maximum absolute atomic E-state index is 5.49. The maximum atomic E-state index is 5.49. The molecular formula is C15H21N3O. The minimum atomic E-state index is 0.648. The molecule has 2 bridgehead atoms. The lowest BCUT2D eigenvalue weighted by Crippen LogP contribution is -2.14. The minimum Gasteiger partial charge on any atom is -0.478 e. The molecule has 3 aliphatic carbocycles. The van der Waals surface area contributed by atoms with Gasteiger partial charge in [0.1, 0.15) is 11.6 Å². The molecule has 0 saturated heterocycles. The lowest BCUT2D eigenvalue weighted by Gasteiger charge is -2.12. The zero-order valence-corrected chi connectivity index (χ0v) is 11.6. The molecule has 1 aromatic heterocycles. The van der Waals surface area contributed by atoms with Crippen LogP contribution < -0.4 is 10.1 Å². The van der Waals surface area contributed by atoms with Crippen molar-refractivity contribution in [2.75, 3.05) is 11.9 Å². The Labute approximate surface area is 114 Å². The molecule has 1 N–H and O–H groups in total. The molecule has 4 atom stereocenters. The third-order valence-electron chi connectivity index (χ3n) is 5.16. The summed E-state index contributed by atoms with van der Waals surface area (Å²) in [6.07, 6.45) is 4.40. The number of aryl methyl sites for hydroxylation is 1. The van der Waals surface area contributed by atoms with Gasteiger partial charge in [-0.15, -0.1) is 0 Å². The Hall–Kier alpha value is -1.32. The molecule has 1 heterocycles. The Balaban J connectivity index is 1.49. The topological polar surface area (TPSA) is 47.0 Å². The third-order valence-corrected chi connectivity index (χ3v) is 5.16. The number of nitrogens with one attached hydrogen (secondary N) is 1. The number of hydrogen-bond donors (Lipinski definition) is 1. The molecule has 3 aliphatic rings. The lowest BCUT2D eigenvalue weighted by molar-refractivity contribution is 0.325. The van der Waals surface area contributed by atoms with Crippen LogP contribution in [0.1, 0.15) is 32.0 Å². The van der Waals surface area contributed by atoms with Gasteiger partial charge in [-0.1, -0.05) is 0 Å². The summed E-state index contributed by atoms with van der Waals surface area (Å²) in [5.74, 6) is 6.22. The summed E-state index contributed by atoms with van der Waals surface area (Å²) in [6, 6.07) is 2.60. The molecule has 4 heteroatoms. The highest BCUT2D eigenvalue weighted by Crippen LogP contribution is 2.66. The van der Waals surface area contributed by atoms with E-state index in [2.05, 4.69) is 15.3 Å². The zero-order valence-electron chi connectivity index (χ0n) is 11.6. The average Bonchev–Trinajstić information content (AvgIpc) is 2.78. The molecule has 1 aromatic rings. The van der Waals surface area contributed by atoms with Crippen molar-refractivity contribution in [2.24, 2.45) is 23.7 Å². The minimum absolute atomic E-state index is 0.648. The Kier molecular flexibility index (Phi) is 2.47. The van der Waals surface area contributed by atoms with Crippen molar-refractivity contribution in [1.82, 2.24) is 9.97 Å². The molecule has 3 saturated carbocycles. The highest BCUT2D eigenvalue weighted by atomic mass is 16.5. The Bertz CT molecular complexity index is 488. The van der Waals surface area contributed by atoms with Gasteiger partial charge in [0.25, 0.3) is 0 Å². The Morgan fingerprint density at radius 1 is 1.26 bits per heavy atom. The molecule has 4 nitrogen and oxygen atoms in total. The van der Waals surface area contributed by atoms with Crippen LogP contribution in [0.3, 0.4) is 0 Å². The van der Waals surface area contributed by atoms with Gasteiger partial charge in [0.2, 0.25) is 5.88 Å². The Morgan fingerprint density at radius 3 is 2.68 bits per heavy atom. The van der Waals surface area contributed by atoms with Crippen LogP contribution in [0.15, 0.2) is 6.07 Å². The van der Waals surface area contributed by atoms with Crippen molar-refractivity contribution < 1.29 is 4.74 Å². The predicted octanol–water partition coefficient (Wildman–Crippen LogP) is 2.64. The lowest BCUT2D eigenvalue weighted by atomic mass is 10.0. The van der Waals surface area contributed by atoms with E-state index in [1.54, 1.807) is 0 Å². The van der Waals surface area contributed by atoms with E-state index in [9.17, 15) is 0 Å². The van der Waals surface area contributed by atoms with Gasteiger partial charge in [0.15, 0.2) is 0 Å². The quantitative estimate of drug-likeness (QED) is 0.903. The molecule has 19 heavy (non-hydrogen) atoms. The van der Waals surface area contributed by atoms with Crippen LogP contribution in [0.4, 0.5) is 5.82 Å². The van der Waals surface area contributed by atoms with E-state index >= 15 is 0 Å². The fraction of sp³-hybridized carbons (Fsp3) is 0.733. The first-order chi connectivity index (χ1) is 9.26. The fourth-order valence-corrected chi connectivity index (χ4v) is 4.53. The number of fused-ring (bicyclic) bond motifs is 5. The zero-order chi connectivity index (χ0) is 13.0. The second kappa shape index (κ2) is 4.09. The summed E-state index contributed by atoms with van der Waals surface area (Å²) in [5.41, 5.74) is 0. The smallest absolute Gasteiger partial charge is 0.218 e. The molecule has 0 aromatic carbocycles. The van der Waals surface area contributed by atoms with Gasteiger partial charge in [-0.3, -0.25) is 0 Å². The Morgan fingerprint density at radius 2 is 2.00 bits per heavy atom.